The van der Waals surface area contributed by atoms with E-state index in [9.17, 15) is 28.8 Å². The molecule has 0 aliphatic heterocycles. The third-order valence-corrected chi connectivity index (χ3v) is 6.70. The lowest BCUT2D eigenvalue weighted by atomic mass is 10.1. The summed E-state index contributed by atoms with van der Waals surface area (Å²) in [6, 6.07) is 0. The molecule has 0 unspecified atom stereocenters. The van der Waals surface area contributed by atoms with Crippen LogP contribution in [0.1, 0.15) is 31.1 Å². The van der Waals surface area contributed by atoms with E-state index < -0.39 is 73.8 Å². The van der Waals surface area contributed by atoms with E-state index in [1.54, 1.807) is 67.8 Å². The molecule has 15 N–H and O–H groups in total. The third-order valence-electron chi connectivity index (χ3n) is 3.46. The Kier molecular flexibility index (Phi) is 22.2. The van der Waals surface area contributed by atoms with Crippen LogP contribution in [0.3, 0.4) is 0 Å². The number of carbonyl (C=O) groups is 6. The van der Waals surface area contributed by atoms with Crippen molar-refractivity contribution in [2.24, 2.45) is 17.2 Å². The molecular weight excluding hydrogens is 879 g/mol. The molecule has 39 heavy (non-hydrogen) atoms. The minimum atomic E-state index is -1.40. The van der Waals surface area contributed by atoms with E-state index in [4.69, 9.17) is 46.0 Å². The van der Waals surface area contributed by atoms with Gasteiger partial charge >= 0.3 is 17.9 Å². The summed E-state index contributed by atoms with van der Waals surface area (Å²) in [5.74, 6) is -6.77. The van der Waals surface area contributed by atoms with E-state index in [2.05, 4.69) is 17.2 Å². The fourth-order valence-electron chi connectivity index (χ4n) is 1.50. The van der Waals surface area contributed by atoms with E-state index >= 15 is 0 Å². The second-order valence-electron chi connectivity index (χ2n) is 6.28. The van der Waals surface area contributed by atoms with Crippen molar-refractivity contribution in [3.63, 3.8) is 0 Å². The van der Waals surface area contributed by atoms with Crippen LogP contribution in [0, 0.1) is 10.7 Å². The van der Waals surface area contributed by atoms with Crippen LogP contribution in [0.5, 0.6) is 0 Å². The molecule has 0 heterocycles. The molecule has 222 valence electrons. The number of aromatic carboxylic acids is 3. The molecule has 3 amide bonds. The maximum absolute atomic E-state index is 11.1. The van der Waals surface area contributed by atoms with Gasteiger partial charge in [-0.15, -0.1) is 0 Å². The Hall–Kier alpha value is -2.01. The van der Waals surface area contributed by atoms with Crippen LogP contribution in [-0.2, 0) is 14.4 Å². The fraction of sp³-hybridized carbons (Fsp3) is 0.333. The normalized spacial score (nSPS) is 11.9. The van der Waals surface area contributed by atoms with E-state index in [-0.39, 0.29) is 27.4 Å². The highest BCUT2D eigenvalue weighted by molar-refractivity contribution is 14.1. The van der Waals surface area contributed by atoms with Gasteiger partial charge in [0, 0.05) is 10.7 Å². The average Bonchev–Trinajstić information content (AvgIpc) is 2.82. The van der Waals surface area contributed by atoms with Gasteiger partial charge in [-0.25, -0.2) is 14.4 Å². The molecule has 0 saturated heterocycles. The van der Waals surface area contributed by atoms with Crippen LogP contribution in [0.25, 0.3) is 0 Å². The van der Waals surface area contributed by atoms with Gasteiger partial charge in [0.15, 0.2) is 18.3 Å². The van der Waals surface area contributed by atoms with Crippen molar-refractivity contribution in [3.8, 4) is 0 Å². The van der Waals surface area contributed by atoms with Gasteiger partial charge in [0.2, 0.25) is 17.7 Å². The van der Waals surface area contributed by atoms with E-state index in [0.717, 1.165) is 0 Å². The largest absolute Gasteiger partial charge is 0.478 e. The van der Waals surface area contributed by atoms with Crippen LogP contribution in [0.4, 0.5) is 0 Å². The molecular formula is C18H24I3N3O15. The average molecular weight is 903 g/mol. The Morgan fingerprint density at radius 2 is 0.667 bits per heavy atom. The SMILES string of the molecule is NC(=O)[C@H](O)CO.NC(=O)[C@H](O)CO.NC(=O)[C@H](O)CO.O=C(O)c1c(I)c(C(=O)O)c(I)c(C(=O)O)c1I. The Morgan fingerprint density at radius 3 is 0.718 bits per heavy atom. The number of hydrogen-bond donors (Lipinski definition) is 12. The van der Waals surface area contributed by atoms with Crippen LogP contribution in [0.15, 0.2) is 0 Å². The molecule has 1 aromatic rings. The van der Waals surface area contributed by atoms with Gasteiger partial charge in [0.05, 0.1) is 36.5 Å². The number of nitrogens with two attached hydrogens (primary N) is 3. The maximum Gasteiger partial charge on any atom is 0.337 e. The summed E-state index contributed by atoms with van der Waals surface area (Å²) in [6.45, 7) is -1.81. The minimum Gasteiger partial charge on any atom is -0.478 e. The van der Waals surface area contributed by atoms with Crippen molar-refractivity contribution in [3.05, 3.63) is 27.4 Å². The summed E-state index contributed by atoms with van der Waals surface area (Å²) in [5.41, 5.74) is 12.6. The molecule has 1 aromatic carbocycles. The van der Waals surface area contributed by atoms with Crippen molar-refractivity contribution >= 4 is 103 Å². The zero-order chi connectivity index (χ0) is 31.8. The predicted octanol–water partition coefficient (Wildman–Crippen LogP) is -3.93. The van der Waals surface area contributed by atoms with Gasteiger partial charge in [-0.3, -0.25) is 14.4 Å². The number of amides is 3. The molecule has 1 rings (SSSR count). The molecule has 3 atom stereocenters. The Bertz CT molecular complexity index is 905. The van der Waals surface area contributed by atoms with E-state index in [1.165, 1.54) is 0 Å². The summed E-state index contributed by atoms with van der Waals surface area (Å²) in [6.07, 6.45) is -4.21. The van der Waals surface area contributed by atoms with Crippen molar-refractivity contribution in [1.82, 2.24) is 0 Å². The van der Waals surface area contributed by atoms with Gasteiger partial charge in [-0.1, -0.05) is 0 Å². The van der Waals surface area contributed by atoms with Crippen LogP contribution < -0.4 is 17.2 Å². The zero-order valence-electron chi connectivity index (χ0n) is 19.2. The highest BCUT2D eigenvalue weighted by Gasteiger charge is 2.29. The Labute approximate surface area is 259 Å². The first-order chi connectivity index (χ1) is 17.7. The smallest absolute Gasteiger partial charge is 0.337 e. The van der Waals surface area contributed by atoms with Crippen molar-refractivity contribution in [2.45, 2.75) is 18.3 Å². The number of primary amides is 3. The second kappa shape index (κ2) is 20.8. The van der Waals surface area contributed by atoms with Gasteiger partial charge in [-0.2, -0.15) is 0 Å². The molecule has 0 aliphatic rings. The van der Waals surface area contributed by atoms with Crippen molar-refractivity contribution in [2.75, 3.05) is 19.8 Å². The molecule has 0 fully saturated rings. The number of carbonyl (C=O) groups excluding carboxylic acids is 3. The van der Waals surface area contributed by atoms with Gasteiger partial charge in [0.1, 0.15) is 0 Å². The van der Waals surface area contributed by atoms with Gasteiger partial charge in [0.25, 0.3) is 0 Å². The number of rotatable bonds is 9. The standard InChI is InChI=1S/C9H3I3O6.3C3H7NO3/c10-4-1(7(13)14)5(11)3(9(17)18)6(12)2(4)8(15)16;3*4-3(7)2(6)1-5/h(H,13,14)(H,15,16)(H,17,18);3*2,5-6H,1H2,(H2,4,7)/t;3*2-/m.111/s1. The molecule has 0 saturated carbocycles. The van der Waals surface area contributed by atoms with E-state index in [1.807, 2.05) is 0 Å². The number of carboxylic acid groups (broad SMARTS) is 3. The summed E-state index contributed by atoms with van der Waals surface area (Å²) >= 11 is 4.80. The number of benzene rings is 1. The molecule has 21 heteroatoms. The number of aliphatic hydroxyl groups is 6. The minimum absolute atomic E-state index is 0.0198. The van der Waals surface area contributed by atoms with E-state index in [0.29, 0.717) is 0 Å². The lowest BCUT2D eigenvalue weighted by Crippen LogP contribution is -2.30. The first kappa shape index (κ1) is 41.5. The third kappa shape index (κ3) is 15.4. The monoisotopic (exact) mass is 903 g/mol. The maximum atomic E-state index is 11.1. The summed E-state index contributed by atoms with van der Waals surface area (Å²) in [5, 5.41) is 75.7. The zero-order valence-corrected chi connectivity index (χ0v) is 25.7. The highest BCUT2D eigenvalue weighted by Crippen LogP contribution is 2.32. The van der Waals surface area contributed by atoms with Gasteiger partial charge in [-0.05, 0) is 67.8 Å². The number of hydrogen-bond acceptors (Lipinski definition) is 12. The molecule has 0 aliphatic carbocycles. The Morgan fingerprint density at radius 1 is 0.513 bits per heavy atom. The first-order valence-electron chi connectivity index (χ1n) is 9.39. The summed E-state index contributed by atoms with van der Waals surface area (Å²) in [7, 11) is 0. The lowest BCUT2D eigenvalue weighted by molar-refractivity contribution is -0.128. The first-order valence-corrected chi connectivity index (χ1v) is 12.6. The predicted molar refractivity (Wildman–Crippen MR) is 152 cm³/mol. The molecule has 0 aromatic heterocycles. The number of halogens is 3. The fourth-order valence-corrected chi connectivity index (χ4v) is 6.05. The topological polar surface area (TPSA) is 363 Å². The van der Waals surface area contributed by atoms with Crippen LogP contribution >= 0.6 is 67.8 Å². The molecule has 0 bridgehead atoms. The highest BCUT2D eigenvalue weighted by atomic mass is 127. The lowest BCUT2D eigenvalue weighted by Gasteiger charge is -2.12. The summed E-state index contributed by atoms with van der Waals surface area (Å²) < 4.78 is 0.0594. The summed E-state index contributed by atoms with van der Waals surface area (Å²) in [4.78, 5) is 62.5. The van der Waals surface area contributed by atoms with Crippen molar-refractivity contribution in [1.29, 1.82) is 0 Å². The molecule has 0 radical (unpaired) electrons. The van der Waals surface area contributed by atoms with Crippen LogP contribution in [0.2, 0.25) is 0 Å². The second-order valence-corrected chi connectivity index (χ2v) is 9.52. The molecule has 0 spiro atoms. The van der Waals surface area contributed by atoms with Crippen LogP contribution in [-0.4, -0.2) is 120 Å². The number of aliphatic hydroxyl groups excluding tert-OH is 6. The number of carboxylic acids is 3. The van der Waals surface area contributed by atoms with Crippen molar-refractivity contribution < 1.29 is 74.7 Å². The molecule has 18 nitrogen and oxygen atoms in total. The Balaban J connectivity index is -0.000000511. The van der Waals surface area contributed by atoms with Gasteiger partial charge < -0.3 is 63.2 Å². The quantitative estimate of drug-likeness (QED) is 0.105.